The summed E-state index contributed by atoms with van der Waals surface area (Å²) < 4.78 is 25.8. The van der Waals surface area contributed by atoms with Crippen LogP contribution >= 0.6 is 0 Å². The third kappa shape index (κ3) is 3.04. The molecule has 0 aromatic carbocycles. The normalized spacial score (nSPS) is 11.4. The summed E-state index contributed by atoms with van der Waals surface area (Å²) in [5.74, 6) is 0. The van der Waals surface area contributed by atoms with Gasteiger partial charge in [0.2, 0.25) is 10.0 Å². The molecule has 0 amide bonds. The van der Waals surface area contributed by atoms with Gasteiger partial charge in [0, 0.05) is 25.9 Å². The van der Waals surface area contributed by atoms with Crippen molar-refractivity contribution >= 4 is 10.0 Å². The topological polar surface area (TPSA) is 94.3 Å². The Morgan fingerprint density at radius 1 is 1.56 bits per heavy atom. The first kappa shape index (κ1) is 14.6. The minimum Gasteiger partial charge on any atom is -0.396 e. The molecule has 0 aliphatic heterocycles. The van der Waals surface area contributed by atoms with E-state index in [1.807, 2.05) is 0 Å². The maximum absolute atomic E-state index is 12.3. The molecule has 1 aromatic rings. The summed E-state index contributed by atoms with van der Waals surface area (Å²) in [6.45, 7) is 2.12. The molecule has 1 N–H and O–H groups in total. The lowest BCUT2D eigenvalue weighted by molar-refractivity contribution is 0.271. The molecule has 0 bridgehead atoms. The van der Waals surface area contributed by atoms with Crippen LogP contribution in [0.3, 0.4) is 0 Å². The van der Waals surface area contributed by atoms with Gasteiger partial charge >= 0.3 is 0 Å². The van der Waals surface area contributed by atoms with Gasteiger partial charge in [0.05, 0.1) is 0 Å². The first-order valence-electron chi connectivity index (χ1n) is 5.54. The Balaban J connectivity index is 3.15. The van der Waals surface area contributed by atoms with Gasteiger partial charge in [-0.3, -0.25) is 0 Å². The predicted octanol–water partition coefficient (Wildman–Crippen LogP) is 0.346. The number of rotatable bonds is 6. The van der Waals surface area contributed by atoms with Gasteiger partial charge in [-0.25, -0.2) is 13.4 Å². The van der Waals surface area contributed by atoms with Crippen molar-refractivity contribution < 1.29 is 13.5 Å². The van der Waals surface area contributed by atoms with Crippen LogP contribution in [0.4, 0.5) is 0 Å². The lowest BCUT2D eigenvalue weighted by atomic mass is 10.4. The van der Waals surface area contributed by atoms with Crippen molar-refractivity contribution in [1.29, 1.82) is 5.26 Å². The van der Waals surface area contributed by atoms with E-state index in [-0.39, 0.29) is 30.3 Å². The summed E-state index contributed by atoms with van der Waals surface area (Å²) in [6, 6.07) is 4.61. The smallest absolute Gasteiger partial charge is 0.245 e. The Kier molecular flexibility index (Phi) is 5.22. The van der Waals surface area contributed by atoms with Crippen LogP contribution in [0.5, 0.6) is 0 Å². The Morgan fingerprint density at radius 3 is 2.83 bits per heavy atom. The third-order valence-electron chi connectivity index (χ3n) is 2.41. The van der Waals surface area contributed by atoms with Crippen LogP contribution in [0.2, 0.25) is 0 Å². The van der Waals surface area contributed by atoms with Gasteiger partial charge < -0.3 is 5.11 Å². The fraction of sp³-hybridized carbons (Fsp3) is 0.455. The van der Waals surface area contributed by atoms with Crippen LogP contribution in [0.25, 0.3) is 0 Å². The number of nitrogens with zero attached hydrogens (tertiary/aromatic N) is 3. The van der Waals surface area contributed by atoms with Crippen LogP contribution in [-0.4, -0.2) is 42.5 Å². The van der Waals surface area contributed by atoms with Crippen LogP contribution in [0.15, 0.2) is 23.2 Å². The molecule has 1 heterocycles. The van der Waals surface area contributed by atoms with Crippen LogP contribution in [-0.2, 0) is 10.0 Å². The van der Waals surface area contributed by atoms with Crippen molar-refractivity contribution in [3.05, 3.63) is 24.0 Å². The van der Waals surface area contributed by atoms with E-state index in [0.29, 0.717) is 6.42 Å². The van der Waals surface area contributed by atoms with Gasteiger partial charge in [-0.15, -0.1) is 0 Å². The van der Waals surface area contributed by atoms with Crippen molar-refractivity contribution in [2.45, 2.75) is 18.2 Å². The molecule has 0 saturated heterocycles. The molecule has 0 radical (unpaired) electrons. The molecule has 0 atom stereocenters. The summed E-state index contributed by atoms with van der Waals surface area (Å²) in [6.07, 6.45) is 1.73. The molecule has 7 heteroatoms. The molecule has 0 aliphatic carbocycles. The van der Waals surface area contributed by atoms with Crippen molar-refractivity contribution in [2.75, 3.05) is 19.7 Å². The lowest BCUT2D eigenvalue weighted by Crippen LogP contribution is -2.32. The third-order valence-corrected chi connectivity index (χ3v) is 4.42. The largest absolute Gasteiger partial charge is 0.396 e. The molecular formula is C11H15N3O3S. The highest BCUT2D eigenvalue weighted by Gasteiger charge is 2.25. The molecule has 1 aromatic heterocycles. The van der Waals surface area contributed by atoms with Gasteiger partial charge in [0.1, 0.15) is 11.0 Å². The highest BCUT2D eigenvalue weighted by Crippen LogP contribution is 2.18. The standard InChI is InChI=1S/C11H15N3O3S/c1-2-14(7-4-8-15)18(16,17)11-5-3-6-13-10(11)9-12/h3,5-6,15H,2,4,7-8H2,1H3. The monoisotopic (exact) mass is 269 g/mol. The van der Waals surface area contributed by atoms with Crippen LogP contribution in [0.1, 0.15) is 19.0 Å². The number of aromatic nitrogens is 1. The number of pyridine rings is 1. The lowest BCUT2D eigenvalue weighted by Gasteiger charge is -2.20. The summed E-state index contributed by atoms with van der Waals surface area (Å²) in [5, 5.41) is 17.6. The minimum absolute atomic E-state index is 0.0792. The number of aliphatic hydroxyl groups is 1. The molecule has 0 unspecified atom stereocenters. The van der Waals surface area contributed by atoms with Gasteiger partial charge in [0.25, 0.3) is 0 Å². The molecule has 18 heavy (non-hydrogen) atoms. The zero-order chi connectivity index (χ0) is 13.6. The highest BCUT2D eigenvalue weighted by molar-refractivity contribution is 7.89. The maximum atomic E-state index is 12.3. The van der Waals surface area contributed by atoms with Gasteiger partial charge in [-0.2, -0.15) is 9.57 Å². The van der Waals surface area contributed by atoms with Crippen molar-refractivity contribution in [3.8, 4) is 6.07 Å². The molecule has 0 fully saturated rings. The van der Waals surface area contributed by atoms with E-state index < -0.39 is 10.0 Å². The molecule has 6 nitrogen and oxygen atoms in total. The van der Waals surface area contributed by atoms with Crippen molar-refractivity contribution in [1.82, 2.24) is 9.29 Å². The molecule has 0 saturated carbocycles. The van der Waals surface area contributed by atoms with E-state index in [1.165, 1.54) is 22.6 Å². The number of hydrogen-bond donors (Lipinski definition) is 1. The van der Waals surface area contributed by atoms with E-state index in [0.717, 1.165) is 0 Å². The highest BCUT2D eigenvalue weighted by atomic mass is 32.2. The first-order valence-corrected chi connectivity index (χ1v) is 6.98. The summed E-state index contributed by atoms with van der Waals surface area (Å²) in [4.78, 5) is 3.65. The van der Waals surface area contributed by atoms with E-state index >= 15 is 0 Å². The van der Waals surface area contributed by atoms with Crippen LogP contribution < -0.4 is 0 Å². The van der Waals surface area contributed by atoms with E-state index in [1.54, 1.807) is 13.0 Å². The second-order valence-electron chi connectivity index (χ2n) is 3.54. The summed E-state index contributed by atoms with van der Waals surface area (Å²) in [7, 11) is -3.73. The van der Waals surface area contributed by atoms with Gasteiger partial charge in [-0.05, 0) is 18.6 Å². The quantitative estimate of drug-likeness (QED) is 0.804. The summed E-state index contributed by atoms with van der Waals surface area (Å²) >= 11 is 0. The van der Waals surface area contributed by atoms with E-state index in [2.05, 4.69) is 4.98 Å². The molecular weight excluding hydrogens is 254 g/mol. The van der Waals surface area contributed by atoms with E-state index in [4.69, 9.17) is 10.4 Å². The van der Waals surface area contributed by atoms with Crippen molar-refractivity contribution in [2.24, 2.45) is 0 Å². The fourth-order valence-electron chi connectivity index (χ4n) is 1.52. The first-order chi connectivity index (χ1) is 8.57. The van der Waals surface area contributed by atoms with Crippen LogP contribution in [0, 0.1) is 11.3 Å². The SMILES string of the molecule is CCN(CCCO)S(=O)(=O)c1cccnc1C#N. The van der Waals surface area contributed by atoms with E-state index in [9.17, 15) is 8.42 Å². The second kappa shape index (κ2) is 6.44. The Labute approximate surface area is 107 Å². The Hall–Kier alpha value is -1.49. The molecule has 0 spiro atoms. The van der Waals surface area contributed by atoms with Crippen molar-refractivity contribution in [3.63, 3.8) is 0 Å². The second-order valence-corrected chi connectivity index (χ2v) is 5.44. The average Bonchev–Trinajstić information content (AvgIpc) is 2.39. The predicted molar refractivity (Wildman–Crippen MR) is 65.1 cm³/mol. The number of hydrogen-bond acceptors (Lipinski definition) is 5. The summed E-state index contributed by atoms with van der Waals surface area (Å²) in [5.41, 5.74) is -0.111. The molecule has 1 rings (SSSR count). The number of aliphatic hydroxyl groups excluding tert-OH is 1. The zero-order valence-corrected chi connectivity index (χ0v) is 10.9. The number of nitriles is 1. The Morgan fingerprint density at radius 2 is 2.28 bits per heavy atom. The van der Waals surface area contributed by atoms with Gasteiger partial charge in [-0.1, -0.05) is 6.92 Å². The maximum Gasteiger partial charge on any atom is 0.245 e. The zero-order valence-electron chi connectivity index (χ0n) is 10.1. The van der Waals surface area contributed by atoms with Gasteiger partial charge in [0.15, 0.2) is 5.69 Å². The Bertz CT molecular complexity index is 537. The molecule has 98 valence electrons. The molecule has 0 aliphatic rings. The minimum atomic E-state index is -3.73. The fourth-order valence-corrected chi connectivity index (χ4v) is 3.10. The average molecular weight is 269 g/mol. The number of sulfonamides is 1.